The molecule has 0 radical (unpaired) electrons. The van der Waals surface area contributed by atoms with Gasteiger partial charge in [0.25, 0.3) is 0 Å². The van der Waals surface area contributed by atoms with E-state index in [9.17, 15) is 4.79 Å². The number of amides is 1. The first kappa shape index (κ1) is 13.9. The molecule has 2 N–H and O–H groups in total. The maximum atomic E-state index is 10.2. The summed E-state index contributed by atoms with van der Waals surface area (Å²) >= 11 is 0. The Labute approximate surface area is 92.8 Å². The average Bonchev–Trinajstić information content (AvgIpc) is 2.23. The van der Waals surface area contributed by atoms with Crippen LogP contribution in [0.15, 0.2) is 13.2 Å². The van der Waals surface area contributed by atoms with E-state index in [0.29, 0.717) is 6.54 Å². The minimum absolute atomic E-state index is 0. The number of carboxylic acid groups (broad SMARTS) is 1. The van der Waals surface area contributed by atoms with Crippen molar-refractivity contribution in [2.24, 2.45) is 0 Å². The average molecular weight is 217 g/mol. The molecule has 0 aliphatic carbocycles. The van der Waals surface area contributed by atoms with Gasteiger partial charge in [0, 0.05) is 40.7 Å². The fourth-order valence-corrected chi connectivity index (χ4v) is 1.39. The lowest BCUT2D eigenvalue weighted by Crippen LogP contribution is -2.46. The van der Waals surface area contributed by atoms with E-state index in [4.69, 9.17) is 5.11 Å². The van der Waals surface area contributed by atoms with Crippen LogP contribution in [0.1, 0.15) is 1.43 Å². The van der Waals surface area contributed by atoms with Crippen LogP contribution >= 0.6 is 0 Å². The van der Waals surface area contributed by atoms with E-state index in [-0.39, 0.29) is 1.43 Å². The second-order valence-corrected chi connectivity index (χ2v) is 3.38. The van der Waals surface area contributed by atoms with Crippen LogP contribution in [0.4, 0.5) is 4.79 Å². The van der Waals surface area contributed by atoms with Crippen molar-refractivity contribution in [3.63, 3.8) is 0 Å². The Morgan fingerprint density at radius 3 is 2.40 bits per heavy atom. The van der Waals surface area contributed by atoms with Crippen LogP contribution in [-0.2, 0) is 0 Å². The molecule has 1 amide bonds. The normalized spacial score (nSPS) is 17.7. The SMILES string of the molecule is C=C.CN1CCN(CCNC(=O)O)CC1.[HH]. The van der Waals surface area contributed by atoms with Crippen molar-refractivity contribution < 1.29 is 11.3 Å². The summed E-state index contributed by atoms with van der Waals surface area (Å²) in [6, 6.07) is 0. The topological polar surface area (TPSA) is 55.8 Å². The van der Waals surface area contributed by atoms with E-state index >= 15 is 0 Å². The van der Waals surface area contributed by atoms with Crippen LogP contribution in [0, 0.1) is 0 Å². The highest BCUT2D eigenvalue weighted by Gasteiger charge is 2.12. The van der Waals surface area contributed by atoms with E-state index in [0.717, 1.165) is 32.7 Å². The summed E-state index contributed by atoms with van der Waals surface area (Å²) in [6.45, 7) is 11.6. The molecule has 0 aromatic rings. The van der Waals surface area contributed by atoms with Gasteiger partial charge < -0.3 is 15.3 Å². The van der Waals surface area contributed by atoms with E-state index in [1.807, 2.05) is 0 Å². The maximum Gasteiger partial charge on any atom is 0.404 e. The van der Waals surface area contributed by atoms with Crippen molar-refractivity contribution >= 4 is 6.09 Å². The van der Waals surface area contributed by atoms with Crippen LogP contribution in [0.5, 0.6) is 0 Å². The van der Waals surface area contributed by atoms with Gasteiger partial charge in [-0.15, -0.1) is 13.2 Å². The second-order valence-electron chi connectivity index (χ2n) is 3.38. The molecule has 0 aromatic heterocycles. The molecule has 1 saturated heterocycles. The number of piperazine rings is 1. The number of nitrogens with zero attached hydrogens (tertiary/aromatic N) is 2. The zero-order valence-electron chi connectivity index (χ0n) is 9.41. The van der Waals surface area contributed by atoms with Gasteiger partial charge in [0.2, 0.25) is 0 Å². The standard InChI is InChI=1S/C8H17N3O2.C2H4.H2/c1-10-4-6-11(7-5-10)3-2-9-8(12)13;1-2;/h9H,2-7H2,1H3,(H,12,13);1-2H2;1H. The third-order valence-electron chi connectivity index (χ3n) is 2.30. The van der Waals surface area contributed by atoms with Crippen LogP contribution < -0.4 is 5.32 Å². The monoisotopic (exact) mass is 217 g/mol. The molecule has 1 fully saturated rings. The molecule has 5 nitrogen and oxygen atoms in total. The largest absolute Gasteiger partial charge is 0.465 e. The zero-order valence-corrected chi connectivity index (χ0v) is 9.41. The highest BCUT2D eigenvalue weighted by Crippen LogP contribution is 1.97. The Kier molecular flexibility index (Phi) is 7.67. The fourth-order valence-electron chi connectivity index (χ4n) is 1.39. The fraction of sp³-hybridized carbons (Fsp3) is 0.700. The lowest BCUT2D eigenvalue weighted by Gasteiger charge is -2.32. The predicted molar refractivity (Wildman–Crippen MR) is 63.3 cm³/mol. The zero-order chi connectivity index (χ0) is 11.7. The Hall–Kier alpha value is -1.07. The van der Waals surface area contributed by atoms with Gasteiger partial charge in [0.15, 0.2) is 0 Å². The highest BCUT2D eigenvalue weighted by atomic mass is 16.4. The van der Waals surface area contributed by atoms with Gasteiger partial charge in [-0.05, 0) is 7.05 Å². The van der Waals surface area contributed by atoms with Gasteiger partial charge >= 0.3 is 6.09 Å². The molecule has 90 valence electrons. The van der Waals surface area contributed by atoms with Gasteiger partial charge in [-0.1, -0.05) is 0 Å². The summed E-state index contributed by atoms with van der Waals surface area (Å²) in [5.74, 6) is 0. The van der Waals surface area contributed by atoms with Crippen LogP contribution in [0.2, 0.25) is 0 Å². The summed E-state index contributed by atoms with van der Waals surface area (Å²) in [6.07, 6.45) is -0.936. The predicted octanol–water partition coefficient (Wildman–Crippen LogP) is 0.550. The van der Waals surface area contributed by atoms with Crippen LogP contribution in [-0.4, -0.2) is 67.3 Å². The number of nitrogens with one attached hydrogen (secondary N) is 1. The Balaban J connectivity index is 0. The first-order chi connectivity index (χ1) is 7.18. The first-order valence-corrected chi connectivity index (χ1v) is 5.06. The lowest BCUT2D eigenvalue weighted by atomic mass is 10.3. The molecular formula is C10H23N3O2. The van der Waals surface area contributed by atoms with Crippen LogP contribution in [0.3, 0.4) is 0 Å². The maximum absolute atomic E-state index is 10.2. The van der Waals surface area contributed by atoms with Gasteiger partial charge in [-0.3, -0.25) is 4.90 Å². The molecule has 0 unspecified atom stereocenters. The molecule has 0 saturated carbocycles. The van der Waals surface area contributed by atoms with Gasteiger partial charge in [-0.25, -0.2) is 4.79 Å². The third-order valence-corrected chi connectivity index (χ3v) is 2.30. The molecule has 1 rings (SSSR count). The minimum atomic E-state index is -0.936. The Morgan fingerprint density at radius 1 is 1.40 bits per heavy atom. The number of rotatable bonds is 3. The summed E-state index contributed by atoms with van der Waals surface area (Å²) in [5.41, 5.74) is 0. The molecule has 5 heteroatoms. The Morgan fingerprint density at radius 2 is 1.93 bits per heavy atom. The number of carbonyl (C=O) groups is 1. The van der Waals surface area contributed by atoms with Crippen molar-refractivity contribution in [2.45, 2.75) is 0 Å². The van der Waals surface area contributed by atoms with Gasteiger partial charge in [-0.2, -0.15) is 0 Å². The first-order valence-electron chi connectivity index (χ1n) is 5.06. The van der Waals surface area contributed by atoms with Crippen molar-refractivity contribution in [1.29, 1.82) is 0 Å². The molecule has 15 heavy (non-hydrogen) atoms. The smallest absolute Gasteiger partial charge is 0.404 e. The minimum Gasteiger partial charge on any atom is -0.465 e. The highest BCUT2D eigenvalue weighted by molar-refractivity contribution is 5.64. The summed E-state index contributed by atoms with van der Waals surface area (Å²) in [5, 5.41) is 10.7. The van der Waals surface area contributed by atoms with E-state index in [1.165, 1.54) is 0 Å². The molecule has 1 aliphatic rings. The quantitative estimate of drug-likeness (QED) is 0.678. The summed E-state index contributed by atoms with van der Waals surface area (Å²) in [4.78, 5) is 14.7. The number of likely N-dealkylation sites (N-methyl/N-ethyl adjacent to an activating group) is 1. The molecular weight excluding hydrogens is 194 g/mol. The molecule has 1 heterocycles. The van der Waals surface area contributed by atoms with Crippen molar-refractivity contribution in [3.05, 3.63) is 13.2 Å². The molecule has 0 spiro atoms. The second kappa shape index (κ2) is 8.26. The van der Waals surface area contributed by atoms with Crippen LogP contribution in [0.25, 0.3) is 0 Å². The van der Waals surface area contributed by atoms with Gasteiger partial charge in [0.05, 0.1) is 0 Å². The summed E-state index contributed by atoms with van der Waals surface area (Å²) < 4.78 is 0. The van der Waals surface area contributed by atoms with E-state index in [2.05, 4.69) is 35.3 Å². The lowest BCUT2D eigenvalue weighted by molar-refractivity contribution is 0.152. The molecule has 0 atom stereocenters. The van der Waals surface area contributed by atoms with Gasteiger partial charge in [0.1, 0.15) is 0 Å². The number of hydrogen-bond donors (Lipinski definition) is 2. The molecule has 0 bridgehead atoms. The summed E-state index contributed by atoms with van der Waals surface area (Å²) in [7, 11) is 2.10. The van der Waals surface area contributed by atoms with Crippen molar-refractivity contribution in [2.75, 3.05) is 46.3 Å². The van der Waals surface area contributed by atoms with Crippen molar-refractivity contribution in [3.8, 4) is 0 Å². The molecule has 1 aliphatic heterocycles. The van der Waals surface area contributed by atoms with E-state index < -0.39 is 6.09 Å². The van der Waals surface area contributed by atoms with Crippen molar-refractivity contribution in [1.82, 2.24) is 15.1 Å². The Bertz CT molecular complexity index is 185. The van der Waals surface area contributed by atoms with E-state index in [1.54, 1.807) is 0 Å². The molecule has 0 aromatic carbocycles. The number of hydrogen-bond acceptors (Lipinski definition) is 3. The third kappa shape index (κ3) is 6.93.